The molecule has 0 aliphatic heterocycles. The van der Waals surface area contributed by atoms with E-state index in [1.54, 1.807) is 24.3 Å². The molecule has 0 spiro atoms. The Morgan fingerprint density at radius 2 is 1.66 bits per heavy atom. The van der Waals surface area contributed by atoms with Crippen molar-refractivity contribution in [3.05, 3.63) is 89.7 Å². The van der Waals surface area contributed by atoms with E-state index < -0.39 is 28.3 Å². The Hall–Kier alpha value is -3.39. The highest BCUT2D eigenvalue weighted by Gasteiger charge is 2.27. The second-order valence-electron chi connectivity index (χ2n) is 7.32. The van der Waals surface area contributed by atoms with E-state index >= 15 is 0 Å². The van der Waals surface area contributed by atoms with Gasteiger partial charge >= 0.3 is 0 Å². The van der Waals surface area contributed by atoms with Crippen LogP contribution in [0.3, 0.4) is 0 Å². The number of ether oxygens (including phenoxy) is 1. The van der Waals surface area contributed by atoms with Gasteiger partial charge in [0.05, 0.1) is 17.1 Å². The van der Waals surface area contributed by atoms with Gasteiger partial charge in [0.1, 0.15) is 24.7 Å². The first-order valence-corrected chi connectivity index (χ1v) is 11.5. The number of hydrogen-bond acceptors (Lipinski definition) is 4. The molecule has 0 atom stereocenters. The zero-order valence-electron chi connectivity index (χ0n) is 17.9. The Balaban J connectivity index is 1.70. The van der Waals surface area contributed by atoms with Gasteiger partial charge in [0.25, 0.3) is 10.0 Å². The van der Waals surface area contributed by atoms with Gasteiger partial charge < -0.3 is 10.1 Å². The van der Waals surface area contributed by atoms with E-state index in [0.29, 0.717) is 11.4 Å². The average molecular weight is 457 g/mol. The Labute approximate surface area is 187 Å². The number of benzene rings is 3. The second-order valence-corrected chi connectivity index (χ2v) is 9.18. The van der Waals surface area contributed by atoms with Gasteiger partial charge in [-0.05, 0) is 67.9 Å². The number of hydrogen-bond donors (Lipinski definition) is 1. The normalized spacial score (nSPS) is 11.1. The monoisotopic (exact) mass is 456 g/mol. The van der Waals surface area contributed by atoms with Gasteiger partial charge in [-0.25, -0.2) is 12.8 Å². The van der Waals surface area contributed by atoms with Crippen LogP contribution in [0.4, 0.5) is 10.1 Å². The van der Waals surface area contributed by atoms with Crippen molar-refractivity contribution in [2.75, 3.05) is 24.0 Å². The number of aryl methyl sites for hydroxylation is 2. The predicted molar refractivity (Wildman–Crippen MR) is 122 cm³/mol. The molecule has 0 radical (unpaired) electrons. The number of rotatable bonds is 9. The zero-order chi connectivity index (χ0) is 23.1. The van der Waals surface area contributed by atoms with Gasteiger partial charge in [0.15, 0.2) is 0 Å². The lowest BCUT2D eigenvalue weighted by atomic mass is 10.2. The number of amides is 1. The lowest BCUT2D eigenvalue weighted by Crippen LogP contribution is -2.41. The van der Waals surface area contributed by atoms with Gasteiger partial charge in [-0.3, -0.25) is 9.10 Å². The fourth-order valence-electron chi connectivity index (χ4n) is 3.01. The van der Waals surface area contributed by atoms with Crippen molar-refractivity contribution in [1.82, 2.24) is 5.32 Å². The molecular weight excluding hydrogens is 431 g/mol. The maximum Gasteiger partial charge on any atom is 0.264 e. The third-order valence-corrected chi connectivity index (χ3v) is 6.48. The first-order valence-electron chi connectivity index (χ1n) is 10.1. The molecule has 0 fully saturated rings. The molecule has 0 aliphatic carbocycles. The highest BCUT2D eigenvalue weighted by atomic mass is 32.2. The van der Waals surface area contributed by atoms with Crippen molar-refractivity contribution in [2.45, 2.75) is 18.7 Å². The van der Waals surface area contributed by atoms with E-state index in [2.05, 4.69) is 5.32 Å². The number of halogens is 1. The number of nitrogens with one attached hydrogen (secondary N) is 1. The van der Waals surface area contributed by atoms with Gasteiger partial charge in [-0.1, -0.05) is 29.8 Å². The minimum atomic E-state index is -4.08. The summed E-state index contributed by atoms with van der Waals surface area (Å²) in [7, 11) is -4.08. The molecule has 3 aromatic rings. The molecule has 0 bridgehead atoms. The average Bonchev–Trinajstić information content (AvgIpc) is 2.76. The van der Waals surface area contributed by atoms with Gasteiger partial charge in [0, 0.05) is 0 Å². The summed E-state index contributed by atoms with van der Waals surface area (Å²) in [6.45, 7) is 3.86. The summed E-state index contributed by atoms with van der Waals surface area (Å²) >= 11 is 0. The largest absolute Gasteiger partial charge is 0.492 e. The number of anilines is 1. The SMILES string of the molecule is Cc1ccc(N(CC(=O)NCCOc2cccc(C)c2)S(=O)(=O)c2ccc(F)cc2)cc1. The van der Waals surface area contributed by atoms with Crippen LogP contribution in [0.2, 0.25) is 0 Å². The predicted octanol–water partition coefficient (Wildman–Crippen LogP) is 3.83. The molecule has 0 saturated heterocycles. The van der Waals surface area contributed by atoms with Crippen LogP contribution in [0.25, 0.3) is 0 Å². The number of nitrogens with zero attached hydrogens (tertiary/aromatic N) is 1. The molecule has 3 aromatic carbocycles. The summed E-state index contributed by atoms with van der Waals surface area (Å²) in [4.78, 5) is 12.5. The van der Waals surface area contributed by atoms with Gasteiger partial charge in [-0.15, -0.1) is 0 Å². The van der Waals surface area contributed by atoms with E-state index in [-0.39, 0.29) is 18.0 Å². The molecule has 6 nitrogen and oxygen atoms in total. The Kier molecular flexibility index (Phi) is 7.48. The molecule has 0 saturated carbocycles. The number of carbonyl (C=O) groups excluding carboxylic acids is 1. The Morgan fingerprint density at radius 1 is 0.969 bits per heavy atom. The van der Waals surface area contributed by atoms with E-state index in [4.69, 9.17) is 4.74 Å². The third-order valence-electron chi connectivity index (χ3n) is 4.69. The van der Waals surface area contributed by atoms with Crippen LogP contribution in [-0.4, -0.2) is 34.0 Å². The molecule has 1 amide bonds. The van der Waals surface area contributed by atoms with E-state index in [1.165, 1.54) is 12.1 Å². The van der Waals surface area contributed by atoms with Crippen LogP contribution in [0.1, 0.15) is 11.1 Å². The van der Waals surface area contributed by atoms with Crippen LogP contribution >= 0.6 is 0 Å². The van der Waals surface area contributed by atoms with Crippen molar-refractivity contribution >= 4 is 21.6 Å². The van der Waals surface area contributed by atoms with Crippen LogP contribution in [0.5, 0.6) is 5.75 Å². The van der Waals surface area contributed by atoms with Gasteiger partial charge in [-0.2, -0.15) is 0 Å². The highest BCUT2D eigenvalue weighted by Crippen LogP contribution is 2.24. The smallest absolute Gasteiger partial charge is 0.264 e. The standard InChI is InChI=1S/C24H25FN2O4S/c1-18-6-10-21(11-7-18)27(32(29,30)23-12-8-20(25)9-13-23)17-24(28)26-14-15-31-22-5-3-4-19(2)16-22/h3-13,16H,14-15,17H2,1-2H3,(H,26,28). The lowest BCUT2D eigenvalue weighted by molar-refractivity contribution is -0.119. The summed E-state index contributed by atoms with van der Waals surface area (Å²) in [5, 5.41) is 2.68. The zero-order valence-corrected chi connectivity index (χ0v) is 18.7. The molecule has 8 heteroatoms. The maximum absolute atomic E-state index is 13.3. The van der Waals surface area contributed by atoms with Crippen molar-refractivity contribution in [2.24, 2.45) is 0 Å². The van der Waals surface area contributed by atoms with Crippen LogP contribution in [0, 0.1) is 19.7 Å². The minimum Gasteiger partial charge on any atom is -0.492 e. The summed E-state index contributed by atoms with van der Waals surface area (Å²) in [5.41, 5.74) is 2.35. The molecule has 0 aromatic heterocycles. The fraction of sp³-hybridized carbons (Fsp3) is 0.208. The highest BCUT2D eigenvalue weighted by molar-refractivity contribution is 7.92. The number of sulfonamides is 1. The second kappa shape index (κ2) is 10.3. The molecule has 0 aliphatic rings. The van der Waals surface area contributed by atoms with Crippen LogP contribution in [-0.2, 0) is 14.8 Å². The third kappa shape index (κ3) is 6.07. The topological polar surface area (TPSA) is 75.7 Å². The first-order chi connectivity index (χ1) is 15.3. The molecule has 0 unspecified atom stereocenters. The molecule has 0 heterocycles. The summed E-state index contributed by atoms with van der Waals surface area (Å²) in [6.07, 6.45) is 0. The van der Waals surface area contributed by atoms with E-state index in [0.717, 1.165) is 27.6 Å². The first kappa shape index (κ1) is 23.3. The summed E-state index contributed by atoms with van der Waals surface area (Å²) in [6, 6.07) is 18.8. The Bertz CT molecular complexity index is 1160. The molecule has 32 heavy (non-hydrogen) atoms. The molecular formula is C24H25FN2O4S. The summed E-state index contributed by atoms with van der Waals surface area (Å²) in [5.74, 6) is -0.333. The quantitative estimate of drug-likeness (QED) is 0.497. The van der Waals surface area contributed by atoms with Crippen molar-refractivity contribution in [1.29, 1.82) is 0 Å². The number of carbonyl (C=O) groups is 1. The molecule has 168 valence electrons. The fourth-order valence-corrected chi connectivity index (χ4v) is 4.43. The van der Waals surface area contributed by atoms with Crippen molar-refractivity contribution in [3.63, 3.8) is 0 Å². The van der Waals surface area contributed by atoms with Crippen LogP contribution < -0.4 is 14.4 Å². The minimum absolute atomic E-state index is 0.102. The van der Waals surface area contributed by atoms with Crippen LogP contribution in [0.15, 0.2) is 77.7 Å². The maximum atomic E-state index is 13.3. The lowest BCUT2D eigenvalue weighted by Gasteiger charge is -2.24. The van der Waals surface area contributed by atoms with E-state index in [9.17, 15) is 17.6 Å². The van der Waals surface area contributed by atoms with E-state index in [1.807, 2.05) is 38.1 Å². The molecule has 3 rings (SSSR count). The Morgan fingerprint density at radius 3 is 2.31 bits per heavy atom. The summed E-state index contributed by atoms with van der Waals surface area (Å²) < 4.78 is 46.3. The van der Waals surface area contributed by atoms with Crippen molar-refractivity contribution in [3.8, 4) is 5.75 Å². The van der Waals surface area contributed by atoms with Gasteiger partial charge in [0.2, 0.25) is 5.91 Å². The molecule has 1 N–H and O–H groups in total. The van der Waals surface area contributed by atoms with Crippen molar-refractivity contribution < 1.29 is 22.3 Å².